The van der Waals surface area contributed by atoms with Gasteiger partial charge in [-0.15, -0.1) is 0 Å². The number of hydrogen-bond acceptors (Lipinski definition) is 0. The van der Waals surface area contributed by atoms with Gasteiger partial charge < -0.3 is 0 Å². The van der Waals surface area contributed by atoms with Gasteiger partial charge in [-0.05, 0) is 0 Å². The van der Waals surface area contributed by atoms with Crippen LogP contribution in [0.2, 0.25) is 0 Å². The van der Waals surface area contributed by atoms with E-state index in [1.807, 2.05) is 0 Å². The highest BCUT2D eigenvalue weighted by Crippen LogP contribution is 2.32. The molecule has 0 amide bonds. The fraction of sp³-hybridized carbons (Fsp3) is 0. The van der Waals surface area contributed by atoms with E-state index >= 15 is 0 Å². The first kappa shape index (κ1) is 13.2. The minimum atomic E-state index is -7.58. The zero-order valence-corrected chi connectivity index (χ0v) is 9.40. The van der Waals surface area contributed by atoms with Crippen LogP contribution in [0, 0.1) is 0 Å². The molecule has 0 aliphatic rings. The van der Waals surface area contributed by atoms with Crippen molar-refractivity contribution in [1.82, 2.24) is 0 Å². The molecular formula is F9Si4. The van der Waals surface area contributed by atoms with E-state index in [2.05, 4.69) is 0 Å². The molecule has 0 bridgehead atoms. The van der Waals surface area contributed by atoms with Gasteiger partial charge in [-0.1, -0.05) is 0 Å². The SMILES string of the molecule is F[Si](F)(F)[Si]([Si](F)(F)F)[Si](F)(F)F. The lowest BCUT2D eigenvalue weighted by Gasteiger charge is -2.15. The van der Waals surface area contributed by atoms with Crippen molar-refractivity contribution in [3.05, 3.63) is 0 Å². The second-order valence-corrected chi connectivity index (χ2v) is 19.7. The van der Waals surface area contributed by atoms with E-state index in [0.717, 1.165) is 0 Å². The quantitative estimate of drug-likeness (QED) is 0.423. The number of hydrogen-bond donors (Lipinski definition) is 0. The van der Waals surface area contributed by atoms with Crippen molar-refractivity contribution in [2.45, 2.75) is 0 Å². The Bertz CT molecular complexity index is 134. The summed E-state index contributed by atoms with van der Waals surface area (Å²) < 4.78 is 104. The Morgan fingerprint density at radius 2 is 0.615 bits per heavy atom. The normalized spacial score (nSPS) is 15.2. The third kappa shape index (κ3) is 3.86. The highest BCUT2D eigenvalue weighted by Gasteiger charge is 2.82. The molecule has 0 heterocycles. The summed E-state index contributed by atoms with van der Waals surface area (Å²) in [5, 5.41) is 0. The lowest BCUT2D eigenvalue weighted by molar-refractivity contribution is 0.477. The second-order valence-electron chi connectivity index (χ2n) is 1.87. The molecule has 0 unspecified atom stereocenters. The molecule has 0 aromatic rings. The largest absolute Gasteiger partial charge is 0.593 e. The van der Waals surface area contributed by atoms with Crippen LogP contribution in [0.5, 0.6) is 0 Å². The maximum Gasteiger partial charge on any atom is 0.593 e. The van der Waals surface area contributed by atoms with Crippen LogP contribution in [0.4, 0.5) is 37.0 Å². The first-order valence-electron chi connectivity index (χ1n) is 2.45. The highest BCUT2D eigenvalue weighted by atomic mass is 30.0. The monoisotopic (exact) mass is 283 g/mol. The van der Waals surface area contributed by atoms with Crippen molar-refractivity contribution < 1.29 is 37.0 Å². The van der Waals surface area contributed by atoms with Gasteiger partial charge in [0.25, 0.3) is 0 Å². The van der Waals surface area contributed by atoms with E-state index in [9.17, 15) is 37.0 Å². The molecule has 0 atom stereocenters. The Labute approximate surface area is 70.9 Å². The number of rotatable bonds is 3. The minimum absolute atomic E-state index is 5.97. The summed E-state index contributed by atoms with van der Waals surface area (Å²) >= 11 is 0. The molecule has 0 spiro atoms. The molecule has 1 radical (unpaired) electrons. The maximum absolute atomic E-state index is 11.5. The van der Waals surface area contributed by atoms with Crippen molar-refractivity contribution >= 4 is 33.1 Å². The lowest BCUT2D eigenvalue weighted by Crippen LogP contribution is -2.66. The Kier molecular flexibility index (Phi) is 3.49. The van der Waals surface area contributed by atoms with Gasteiger partial charge in [-0.2, -0.15) is 0 Å². The molecule has 79 valence electrons. The summed E-state index contributed by atoms with van der Waals surface area (Å²) in [6, 6.07) is 0. The standard InChI is InChI=1S/F9Si4/c1-11(2,3)10(12(4,5)6)13(7,8)9. The van der Waals surface area contributed by atoms with Gasteiger partial charge in [0.05, 0.1) is 0 Å². The van der Waals surface area contributed by atoms with Gasteiger partial charge >= 0.3 is 33.1 Å². The minimum Gasteiger partial charge on any atom is -0.241 e. The molecule has 0 saturated carbocycles. The zero-order chi connectivity index (χ0) is 11.1. The molecule has 13 heavy (non-hydrogen) atoms. The van der Waals surface area contributed by atoms with Crippen LogP contribution < -0.4 is 0 Å². The summed E-state index contributed by atoms with van der Waals surface area (Å²) in [6.07, 6.45) is 0. The first-order valence-corrected chi connectivity index (χ1v) is 11.9. The Hall–Kier alpha value is 0.238. The summed E-state index contributed by atoms with van der Waals surface area (Å²) in [6.45, 7) is 0. The molecular weight excluding hydrogens is 283 g/mol. The van der Waals surface area contributed by atoms with E-state index in [0.29, 0.717) is 0 Å². The predicted molar refractivity (Wildman–Crippen MR) is 33.0 cm³/mol. The second kappa shape index (κ2) is 3.43. The number of halogens is 9. The molecule has 0 aromatic carbocycles. The molecule has 0 rings (SSSR count). The summed E-state index contributed by atoms with van der Waals surface area (Å²) in [4.78, 5) is 0. The summed E-state index contributed by atoms with van der Waals surface area (Å²) in [5.74, 6) is 0. The fourth-order valence-corrected chi connectivity index (χ4v) is 13.0. The molecule has 0 fully saturated rings. The van der Waals surface area contributed by atoms with Gasteiger partial charge in [-0.25, -0.2) is 37.0 Å². The Balaban J connectivity index is 5.02. The van der Waals surface area contributed by atoms with Gasteiger partial charge in [0.1, 0.15) is 0 Å². The average molecular weight is 283 g/mol. The lowest BCUT2D eigenvalue weighted by atomic mass is 18.7. The third-order valence-corrected chi connectivity index (χ3v) is 23.0. The highest BCUT2D eigenvalue weighted by molar-refractivity contribution is 7.73. The van der Waals surface area contributed by atoms with Crippen molar-refractivity contribution in [1.29, 1.82) is 0 Å². The van der Waals surface area contributed by atoms with E-state index in [-0.39, 0.29) is 0 Å². The van der Waals surface area contributed by atoms with Crippen LogP contribution in [0.15, 0.2) is 0 Å². The van der Waals surface area contributed by atoms with Crippen molar-refractivity contribution in [3.63, 3.8) is 0 Å². The van der Waals surface area contributed by atoms with Crippen molar-refractivity contribution in [2.24, 2.45) is 0 Å². The molecule has 0 aromatic heterocycles. The van der Waals surface area contributed by atoms with Crippen LogP contribution in [0.3, 0.4) is 0 Å². The molecule has 0 nitrogen and oxygen atoms in total. The zero-order valence-electron chi connectivity index (χ0n) is 5.40. The summed E-state index contributed by atoms with van der Waals surface area (Å²) in [7, 11) is -28.7. The van der Waals surface area contributed by atoms with Crippen molar-refractivity contribution in [2.75, 3.05) is 0 Å². The smallest absolute Gasteiger partial charge is 0.241 e. The van der Waals surface area contributed by atoms with Crippen molar-refractivity contribution in [3.8, 4) is 0 Å². The summed E-state index contributed by atoms with van der Waals surface area (Å²) in [5.41, 5.74) is 0. The van der Waals surface area contributed by atoms with Gasteiger partial charge in [0.2, 0.25) is 0 Å². The van der Waals surface area contributed by atoms with Crippen LogP contribution in [0.1, 0.15) is 0 Å². The van der Waals surface area contributed by atoms with Crippen LogP contribution in [-0.2, 0) is 0 Å². The van der Waals surface area contributed by atoms with Crippen LogP contribution in [0.25, 0.3) is 0 Å². The first-order chi connectivity index (χ1) is 5.37. The average Bonchev–Trinajstić information content (AvgIpc) is 1.44. The molecule has 0 saturated heterocycles. The van der Waals surface area contributed by atoms with E-state index in [1.54, 1.807) is 0 Å². The van der Waals surface area contributed by atoms with Crippen LogP contribution in [-0.4, -0.2) is 33.1 Å². The Morgan fingerprint density at radius 3 is 0.615 bits per heavy atom. The molecule has 0 aliphatic heterocycles. The van der Waals surface area contributed by atoms with Gasteiger partial charge in [0.15, 0.2) is 0 Å². The topological polar surface area (TPSA) is 0 Å². The third-order valence-electron chi connectivity index (χ3n) is 0.850. The molecule has 0 N–H and O–H groups in total. The Morgan fingerprint density at radius 1 is 0.462 bits per heavy atom. The fourth-order valence-electron chi connectivity index (χ4n) is 0.482. The molecule has 13 heteroatoms. The van der Waals surface area contributed by atoms with Crippen LogP contribution >= 0.6 is 0 Å². The van der Waals surface area contributed by atoms with E-state index in [1.165, 1.54) is 0 Å². The maximum atomic E-state index is 11.5. The van der Waals surface area contributed by atoms with E-state index in [4.69, 9.17) is 0 Å². The van der Waals surface area contributed by atoms with Gasteiger partial charge in [-0.3, -0.25) is 0 Å². The van der Waals surface area contributed by atoms with Gasteiger partial charge in [0, 0.05) is 0 Å². The van der Waals surface area contributed by atoms with E-state index < -0.39 is 33.1 Å². The predicted octanol–water partition coefficient (Wildman–Crippen LogP) is 2.26. The molecule has 0 aliphatic carbocycles.